The Hall–Kier alpha value is -7.39. The number of pyridine rings is 1. The first-order valence-electron chi connectivity index (χ1n) is 45.2. The number of aromatic nitrogens is 1. The van der Waals surface area contributed by atoms with E-state index in [1.165, 1.54) is 36.2 Å². The number of hydrogen-bond donors (Lipinski definition) is 0. The fraction of sp³-hybridized carbons (Fsp3) is 0.504. The Bertz CT molecular complexity index is 3510. The summed E-state index contributed by atoms with van der Waals surface area (Å²) >= 11 is 7.05. The second kappa shape index (κ2) is 66.9. The first kappa shape index (κ1) is 129. The molecule has 708 valence electrons. The molecule has 7 heteroatoms. The molecule has 126 heavy (non-hydrogen) atoms. The molecule has 0 fully saturated rings. The third-order valence-electron chi connectivity index (χ3n) is 9.34. The van der Waals surface area contributed by atoms with Crippen molar-refractivity contribution < 1.29 is 8.83 Å². The highest BCUT2D eigenvalue weighted by Crippen LogP contribution is 2.30. The summed E-state index contributed by atoms with van der Waals surface area (Å²) in [6.07, 6.45) is 5.18. The lowest BCUT2D eigenvalue weighted by Crippen LogP contribution is -1.93. The van der Waals surface area contributed by atoms with E-state index in [1.54, 1.807) is 57.9 Å². The number of rotatable bonds is 6. The predicted molar refractivity (Wildman–Crippen MR) is 587 cm³/mol. The Morgan fingerprint density at radius 1 is 0.167 bits per heavy atom. The Kier molecular flexibility index (Phi) is 68.7. The molecule has 0 saturated carbocycles. The maximum absolute atomic E-state index is 5.22. The average molecular weight is 1800 g/mol. The molecule has 0 saturated heterocycles. The SMILES string of the molecule is CC(C)(C)C.CC(C)(C)C.CC(C)(C)C.CC(C)(C)C.CC(C)(C)C.CC(C)(C)C.CC(C)(C)C.CC(C)(C)C.CC(C)(C)C.CC(C)(C)C.CC(C)(C)C.CC(C)(C)C.c1ccc(-c2ccccc2)cc1.c1ccc(-c2ccccn2)cc1.c1ccc(-c2ccco2)cc1.c1ccc(-c2cccs2)cc1.c1coc(-c2cccs2)c1.c1csc(-c2cccs2)c1. The van der Waals surface area contributed by atoms with E-state index in [-0.39, 0.29) is 0 Å². The predicted octanol–water partition coefficient (Wildman–Crippen LogP) is 43.6. The molecule has 0 bridgehead atoms. The molecule has 0 amide bonds. The molecular formula is C119H191NO2S4. The van der Waals surface area contributed by atoms with Crippen molar-refractivity contribution in [3.05, 3.63) is 283 Å². The maximum Gasteiger partial charge on any atom is 0.143 e. The van der Waals surface area contributed by atoms with Crippen LogP contribution in [0.15, 0.2) is 292 Å². The van der Waals surface area contributed by atoms with Gasteiger partial charge in [-0.3, -0.25) is 4.98 Å². The molecule has 0 aliphatic carbocycles. The van der Waals surface area contributed by atoms with Crippen LogP contribution in [0.1, 0.15) is 332 Å². The fourth-order valence-electron chi connectivity index (χ4n) is 6.17. The molecule has 0 unspecified atom stereocenters. The Labute approximate surface area is 797 Å². The minimum atomic E-state index is 0.500. The highest BCUT2D eigenvalue weighted by Gasteiger charge is 2.05. The van der Waals surface area contributed by atoms with E-state index >= 15 is 0 Å². The number of nitrogens with zero attached hydrogens (tertiary/aromatic N) is 1. The lowest BCUT2D eigenvalue weighted by atomic mass is 10.0. The van der Waals surface area contributed by atoms with Crippen LogP contribution in [0.2, 0.25) is 0 Å². The smallest absolute Gasteiger partial charge is 0.143 e. The first-order chi connectivity index (χ1) is 56.8. The molecule has 0 spiro atoms. The summed E-state index contributed by atoms with van der Waals surface area (Å²) in [4.78, 5) is 9.51. The summed E-state index contributed by atoms with van der Waals surface area (Å²) < 4.78 is 10.4. The van der Waals surface area contributed by atoms with Crippen LogP contribution in [0, 0.1) is 65.0 Å². The minimum Gasteiger partial charge on any atom is -0.464 e. The molecular weight excluding hydrogens is 1600 g/mol. The van der Waals surface area contributed by atoms with Crippen molar-refractivity contribution in [3.8, 4) is 64.5 Å². The summed E-state index contributed by atoms with van der Waals surface area (Å²) in [6.45, 7) is 105. The van der Waals surface area contributed by atoms with Gasteiger partial charge in [0, 0.05) is 32.0 Å². The molecule has 7 heterocycles. The van der Waals surface area contributed by atoms with Gasteiger partial charge in [0.2, 0.25) is 0 Å². The van der Waals surface area contributed by atoms with Crippen molar-refractivity contribution in [1.82, 2.24) is 4.98 Å². The topological polar surface area (TPSA) is 39.2 Å². The molecule has 12 aromatic rings. The van der Waals surface area contributed by atoms with Gasteiger partial charge in [-0.1, -0.05) is 514 Å². The summed E-state index contributed by atoms with van der Waals surface area (Å²) in [5, 5.41) is 8.35. The van der Waals surface area contributed by atoms with Gasteiger partial charge in [-0.05, 0) is 164 Å². The largest absolute Gasteiger partial charge is 0.464 e. The van der Waals surface area contributed by atoms with Crippen molar-refractivity contribution in [3.63, 3.8) is 0 Å². The summed E-state index contributed by atoms with van der Waals surface area (Å²) in [7, 11) is 0. The Balaban J connectivity index is -0.000000307. The zero-order valence-electron chi connectivity index (χ0n) is 90.0. The van der Waals surface area contributed by atoms with Crippen LogP contribution < -0.4 is 0 Å². The quantitative estimate of drug-likeness (QED) is 0.167. The van der Waals surface area contributed by atoms with Gasteiger partial charge in [-0.25, -0.2) is 0 Å². The van der Waals surface area contributed by atoms with Gasteiger partial charge < -0.3 is 8.83 Å². The van der Waals surface area contributed by atoms with Gasteiger partial charge in [0.15, 0.2) is 0 Å². The van der Waals surface area contributed by atoms with Gasteiger partial charge >= 0.3 is 0 Å². The standard InChI is InChI=1S/C12H10.C11H9N.C10H8O.C10H8S.C8H6OS.C8H6S2.12C5H12/c1-3-7-11(8-4-1)12-9-5-2-6-10-12;1-2-6-10(7-3-1)11-8-4-5-9-12-11;2*1-2-5-9(6-3-1)10-7-4-8-11-10;2*1-3-7(9-5-1)8-4-2-6-10-8;12*1-5(2,3)4/h1-10H;1-9H;2*1-8H;2*1-6H;12*1-4H3. The molecule has 12 rings (SSSR count). The lowest BCUT2D eigenvalue weighted by Gasteiger charge is -2.05. The van der Waals surface area contributed by atoms with Crippen LogP contribution in [0.4, 0.5) is 0 Å². The van der Waals surface area contributed by atoms with Gasteiger partial charge in [0.25, 0.3) is 0 Å². The zero-order chi connectivity index (χ0) is 99.1. The highest BCUT2D eigenvalue weighted by molar-refractivity contribution is 7.20. The van der Waals surface area contributed by atoms with Crippen molar-refractivity contribution in [2.24, 2.45) is 65.0 Å². The summed E-state index contributed by atoms with van der Waals surface area (Å²) in [5.74, 6) is 1.88. The van der Waals surface area contributed by atoms with Gasteiger partial charge in [0.05, 0.1) is 23.1 Å². The molecule has 7 aromatic heterocycles. The Morgan fingerprint density at radius 3 is 0.571 bits per heavy atom. The van der Waals surface area contributed by atoms with Crippen LogP contribution in [-0.4, -0.2) is 4.98 Å². The van der Waals surface area contributed by atoms with Gasteiger partial charge in [0.1, 0.15) is 11.5 Å². The zero-order valence-corrected chi connectivity index (χ0v) is 93.3. The van der Waals surface area contributed by atoms with Crippen LogP contribution in [0.3, 0.4) is 0 Å². The second-order valence-corrected chi connectivity index (χ2v) is 53.7. The molecule has 0 aliphatic heterocycles. The maximum atomic E-state index is 5.22. The molecule has 3 nitrogen and oxygen atoms in total. The number of benzene rings is 5. The summed E-state index contributed by atoms with van der Waals surface area (Å²) in [6, 6.07) is 81.8. The van der Waals surface area contributed by atoms with E-state index in [4.69, 9.17) is 8.83 Å². The molecule has 0 atom stereocenters. The van der Waals surface area contributed by atoms with Crippen molar-refractivity contribution >= 4 is 45.3 Å². The lowest BCUT2D eigenvalue weighted by molar-refractivity contribution is 0.469. The van der Waals surface area contributed by atoms with E-state index in [1.807, 2.05) is 133 Å². The van der Waals surface area contributed by atoms with E-state index in [9.17, 15) is 0 Å². The van der Waals surface area contributed by atoms with Crippen molar-refractivity contribution in [2.45, 2.75) is 332 Å². The molecule has 0 aliphatic rings. The normalized spacial score (nSPS) is 10.9. The van der Waals surface area contributed by atoms with E-state index in [0.29, 0.717) is 65.0 Å². The number of hydrogen-bond acceptors (Lipinski definition) is 7. The number of thiophene rings is 4. The molecule has 0 radical (unpaired) electrons. The minimum absolute atomic E-state index is 0.500. The van der Waals surface area contributed by atoms with Crippen molar-refractivity contribution in [2.75, 3.05) is 0 Å². The van der Waals surface area contributed by atoms with Crippen LogP contribution >= 0.6 is 45.3 Å². The Morgan fingerprint density at radius 2 is 0.365 bits per heavy atom. The first-order valence-corrected chi connectivity index (χ1v) is 48.7. The number of furan rings is 2. The second-order valence-electron chi connectivity index (χ2n) is 49.9. The van der Waals surface area contributed by atoms with Crippen LogP contribution in [0.25, 0.3) is 64.5 Å². The van der Waals surface area contributed by atoms with Crippen LogP contribution in [-0.2, 0) is 0 Å². The molecule has 0 N–H and O–H groups in total. The molecule has 5 aromatic carbocycles. The average Bonchev–Trinajstić information content (AvgIpc) is 1.24. The van der Waals surface area contributed by atoms with Crippen molar-refractivity contribution in [1.29, 1.82) is 0 Å². The fourth-order valence-corrected chi connectivity index (χ4v) is 9.17. The summed E-state index contributed by atoms with van der Waals surface area (Å²) in [5.41, 5.74) is 13.2. The van der Waals surface area contributed by atoms with Gasteiger partial charge in [-0.15, -0.1) is 45.3 Å². The van der Waals surface area contributed by atoms with Gasteiger partial charge in [-0.2, -0.15) is 0 Å². The van der Waals surface area contributed by atoms with E-state index in [2.05, 4.69) is 475 Å². The van der Waals surface area contributed by atoms with Crippen LogP contribution in [0.5, 0.6) is 0 Å². The van der Waals surface area contributed by atoms with E-state index in [0.717, 1.165) is 28.3 Å². The van der Waals surface area contributed by atoms with E-state index < -0.39 is 0 Å². The monoisotopic (exact) mass is 1790 g/mol. The third kappa shape index (κ3) is 137. The third-order valence-corrected chi connectivity index (χ3v) is 13.1. The highest BCUT2D eigenvalue weighted by atomic mass is 32.1.